The van der Waals surface area contributed by atoms with Crippen LogP contribution in [0, 0.1) is 5.41 Å². The molecule has 1 heterocycles. The van der Waals surface area contributed by atoms with Crippen LogP contribution in [0.25, 0.3) is 0 Å². The monoisotopic (exact) mass is 178 g/mol. The summed E-state index contributed by atoms with van der Waals surface area (Å²) in [7, 11) is 0. The standard InChI is InChI=1S/C10H14N2O/c1-10(2)4-3-8-7(6-10)5-9(13)12-11-8/h5H,3-4,6H2,1-2H3,(H,12,13). The van der Waals surface area contributed by atoms with E-state index in [1.54, 1.807) is 6.07 Å². The molecule has 0 aliphatic heterocycles. The topological polar surface area (TPSA) is 45.8 Å². The average molecular weight is 178 g/mol. The molecule has 0 spiro atoms. The van der Waals surface area contributed by atoms with Crippen molar-refractivity contribution in [2.45, 2.75) is 33.1 Å². The molecule has 0 unspecified atom stereocenters. The molecule has 13 heavy (non-hydrogen) atoms. The van der Waals surface area contributed by atoms with E-state index in [2.05, 4.69) is 24.0 Å². The van der Waals surface area contributed by atoms with Crippen molar-refractivity contribution in [1.82, 2.24) is 10.2 Å². The first kappa shape index (κ1) is 8.48. The molecule has 1 aliphatic carbocycles. The lowest BCUT2D eigenvalue weighted by atomic mass is 9.76. The van der Waals surface area contributed by atoms with Crippen LogP contribution in [-0.2, 0) is 12.8 Å². The van der Waals surface area contributed by atoms with Crippen LogP contribution < -0.4 is 5.56 Å². The third-order valence-corrected chi connectivity index (χ3v) is 2.68. The summed E-state index contributed by atoms with van der Waals surface area (Å²) >= 11 is 0. The Morgan fingerprint density at radius 3 is 3.08 bits per heavy atom. The number of hydrogen-bond donors (Lipinski definition) is 1. The van der Waals surface area contributed by atoms with Crippen molar-refractivity contribution in [2.75, 3.05) is 0 Å². The fourth-order valence-electron chi connectivity index (χ4n) is 1.90. The van der Waals surface area contributed by atoms with Gasteiger partial charge in [-0.1, -0.05) is 13.8 Å². The van der Waals surface area contributed by atoms with E-state index in [1.165, 1.54) is 0 Å². The molecule has 0 atom stereocenters. The van der Waals surface area contributed by atoms with Gasteiger partial charge in [-0.15, -0.1) is 0 Å². The van der Waals surface area contributed by atoms with Gasteiger partial charge < -0.3 is 0 Å². The number of H-pyrrole nitrogens is 1. The Labute approximate surface area is 77.2 Å². The third-order valence-electron chi connectivity index (χ3n) is 2.68. The van der Waals surface area contributed by atoms with E-state index in [4.69, 9.17) is 0 Å². The van der Waals surface area contributed by atoms with Gasteiger partial charge in [0.15, 0.2) is 0 Å². The fourth-order valence-corrected chi connectivity index (χ4v) is 1.90. The van der Waals surface area contributed by atoms with Crippen LogP contribution >= 0.6 is 0 Å². The van der Waals surface area contributed by atoms with Gasteiger partial charge in [0.25, 0.3) is 5.56 Å². The van der Waals surface area contributed by atoms with Gasteiger partial charge in [0.05, 0.1) is 5.69 Å². The van der Waals surface area contributed by atoms with Crippen molar-refractivity contribution in [2.24, 2.45) is 5.41 Å². The second kappa shape index (κ2) is 2.69. The number of aryl methyl sites for hydroxylation is 1. The van der Waals surface area contributed by atoms with Crippen molar-refractivity contribution in [3.05, 3.63) is 27.7 Å². The molecular formula is C10H14N2O. The first-order valence-corrected chi connectivity index (χ1v) is 4.64. The van der Waals surface area contributed by atoms with Gasteiger partial charge in [-0.2, -0.15) is 5.10 Å². The van der Waals surface area contributed by atoms with Gasteiger partial charge in [-0.05, 0) is 30.2 Å². The molecule has 3 heteroatoms. The van der Waals surface area contributed by atoms with Crippen molar-refractivity contribution in [1.29, 1.82) is 0 Å². The van der Waals surface area contributed by atoms with Crippen LogP contribution in [0.3, 0.4) is 0 Å². The lowest BCUT2D eigenvalue weighted by Crippen LogP contribution is -2.25. The van der Waals surface area contributed by atoms with Gasteiger partial charge in [-0.25, -0.2) is 5.10 Å². The average Bonchev–Trinajstić information content (AvgIpc) is 2.01. The highest BCUT2D eigenvalue weighted by molar-refractivity contribution is 5.22. The van der Waals surface area contributed by atoms with Crippen LogP contribution in [0.2, 0.25) is 0 Å². The highest BCUT2D eigenvalue weighted by Gasteiger charge is 2.25. The number of nitrogens with zero attached hydrogens (tertiary/aromatic N) is 1. The zero-order chi connectivity index (χ0) is 9.47. The Balaban J connectivity index is 2.44. The maximum atomic E-state index is 11.0. The highest BCUT2D eigenvalue weighted by Crippen LogP contribution is 2.32. The summed E-state index contributed by atoms with van der Waals surface area (Å²) in [6.07, 6.45) is 3.11. The molecule has 0 amide bonds. The summed E-state index contributed by atoms with van der Waals surface area (Å²) in [6, 6.07) is 1.68. The van der Waals surface area contributed by atoms with Crippen LogP contribution in [0.5, 0.6) is 0 Å². The summed E-state index contributed by atoms with van der Waals surface area (Å²) in [5, 5.41) is 6.53. The Hall–Kier alpha value is -1.12. The molecule has 1 aromatic rings. The second-order valence-electron chi connectivity index (χ2n) is 4.55. The first-order chi connectivity index (χ1) is 6.07. The molecule has 2 rings (SSSR count). The maximum absolute atomic E-state index is 11.0. The van der Waals surface area contributed by atoms with E-state index in [-0.39, 0.29) is 5.56 Å². The quantitative estimate of drug-likeness (QED) is 0.650. The SMILES string of the molecule is CC1(C)CCc2n[nH]c(=O)cc2C1. The molecular weight excluding hydrogens is 164 g/mol. The third kappa shape index (κ3) is 1.64. The Bertz CT molecular complexity index is 379. The van der Waals surface area contributed by atoms with Gasteiger partial charge in [0.2, 0.25) is 0 Å². The molecule has 70 valence electrons. The van der Waals surface area contributed by atoms with Gasteiger partial charge in [-0.3, -0.25) is 4.79 Å². The fraction of sp³-hybridized carbons (Fsp3) is 0.600. The van der Waals surface area contributed by atoms with E-state index in [0.717, 1.165) is 30.5 Å². The highest BCUT2D eigenvalue weighted by atomic mass is 16.1. The largest absolute Gasteiger partial charge is 0.268 e. The first-order valence-electron chi connectivity index (χ1n) is 4.64. The van der Waals surface area contributed by atoms with E-state index in [9.17, 15) is 4.79 Å². The van der Waals surface area contributed by atoms with Crippen LogP contribution in [0.4, 0.5) is 0 Å². The van der Waals surface area contributed by atoms with Gasteiger partial charge >= 0.3 is 0 Å². The molecule has 0 aromatic carbocycles. The lowest BCUT2D eigenvalue weighted by Gasteiger charge is -2.29. The molecule has 0 bridgehead atoms. The minimum Gasteiger partial charge on any atom is -0.268 e. The Kier molecular flexibility index (Phi) is 1.75. The van der Waals surface area contributed by atoms with Crippen molar-refractivity contribution < 1.29 is 0 Å². The number of rotatable bonds is 0. The number of aromatic nitrogens is 2. The van der Waals surface area contributed by atoms with Crippen LogP contribution in [0.1, 0.15) is 31.5 Å². The molecule has 3 nitrogen and oxygen atoms in total. The summed E-state index contributed by atoms with van der Waals surface area (Å²) < 4.78 is 0. The summed E-state index contributed by atoms with van der Waals surface area (Å²) in [5.74, 6) is 0. The Morgan fingerprint density at radius 1 is 1.54 bits per heavy atom. The number of hydrogen-bond acceptors (Lipinski definition) is 2. The predicted octanol–water partition coefficient (Wildman–Crippen LogP) is 1.28. The smallest absolute Gasteiger partial charge is 0.264 e. The second-order valence-corrected chi connectivity index (χ2v) is 4.55. The van der Waals surface area contributed by atoms with Gasteiger partial charge in [0.1, 0.15) is 0 Å². The molecule has 0 fully saturated rings. The van der Waals surface area contributed by atoms with Crippen molar-refractivity contribution >= 4 is 0 Å². The minimum absolute atomic E-state index is 0.0866. The minimum atomic E-state index is -0.0866. The van der Waals surface area contributed by atoms with Crippen LogP contribution in [-0.4, -0.2) is 10.2 Å². The molecule has 1 aliphatic rings. The van der Waals surface area contributed by atoms with Crippen molar-refractivity contribution in [3.8, 4) is 0 Å². The molecule has 0 radical (unpaired) electrons. The zero-order valence-electron chi connectivity index (χ0n) is 8.05. The summed E-state index contributed by atoms with van der Waals surface area (Å²) in [5.41, 5.74) is 2.43. The molecule has 0 saturated heterocycles. The molecule has 1 aromatic heterocycles. The van der Waals surface area contributed by atoms with Crippen molar-refractivity contribution in [3.63, 3.8) is 0 Å². The molecule has 0 saturated carbocycles. The predicted molar refractivity (Wildman–Crippen MR) is 50.7 cm³/mol. The summed E-state index contributed by atoms with van der Waals surface area (Å²) in [6.45, 7) is 4.47. The number of aromatic amines is 1. The summed E-state index contributed by atoms with van der Waals surface area (Å²) in [4.78, 5) is 11.0. The maximum Gasteiger partial charge on any atom is 0.264 e. The number of nitrogens with one attached hydrogen (secondary N) is 1. The molecule has 1 N–H and O–H groups in total. The normalized spacial score (nSPS) is 19.5. The Morgan fingerprint density at radius 2 is 2.31 bits per heavy atom. The van der Waals surface area contributed by atoms with E-state index >= 15 is 0 Å². The van der Waals surface area contributed by atoms with Crippen LogP contribution in [0.15, 0.2) is 10.9 Å². The number of fused-ring (bicyclic) bond motifs is 1. The van der Waals surface area contributed by atoms with E-state index in [0.29, 0.717) is 5.41 Å². The lowest BCUT2D eigenvalue weighted by molar-refractivity contribution is 0.311. The van der Waals surface area contributed by atoms with E-state index < -0.39 is 0 Å². The van der Waals surface area contributed by atoms with E-state index in [1.807, 2.05) is 0 Å². The van der Waals surface area contributed by atoms with Gasteiger partial charge in [0, 0.05) is 6.07 Å². The zero-order valence-corrected chi connectivity index (χ0v) is 8.05.